The fourth-order valence-corrected chi connectivity index (χ4v) is 3.46. The van der Waals surface area contributed by atoms with Crippen molar-refractivity contribution in [2.24, 2.45) is 4.99 Å². The van der Waals surface area contributed by atoms with Crippen LogP contribution >= 0.6 is 11.8 Å². The number of unbranched alkanes of at least 4 members (excludes halogenated alkanes) is 1. The van der Waals surface area contributed by atoms with Crippen molar-refractivity contribution in [1.82, 2.24) is 15.5 Å². The molecule has 0 aliphatic heterocycles. The van der Waals surface area contributed by atoms with E-state index in [1.807, 2.05) is 24.9 Å². The Morgan fingerprint density at radius 1 is 1.23 bits per heavy atom. The molecule has 2 N–H and O–H groups in total. The van der Waals surface area contributed by atoms with Gasteiger partial charge in [-0.15, -0.1) is 0 Å². The molecule has 0 bridgehead atoms. The Bertz CT molecular complexity index is 520. The van der Waals surface area contributed by atoms with Gasteiger partial charge in [-0.2, -0.15) is 11.8 Å². The van der Waals surface area contributed by atoms with Gasteiger partial charge >= 0.3 is 0 Å². The molecule has 148 valence electrons. The Hall–Kier alpha value is -1.40. The van der Waals surface area contributed by atoms with Crippen molar-refractivity contribution in [3.05, 3.63) is 29.8 Å². The van der Waals surface area contributed by atoms with Gasteiger partial charge in [-0.25, -0.2) is 0 Å². The van der Waals surface area contributed by atoms with Crippen LogP contribution in [0.4, 0.5) is 0 Å². The molecule has 0 saturated carbocycles. The van der Waals surface area contributed by atoms with E-state index >= 15 is 0 Å². The topological polar surface area (TPSA) is 48.9 Å². The van der Waals surface area contributed by atoms with Gasteiger partial charge in [-0.3, -0.25) is 9.89 Å². The Morgan fingerprint density at radius 3 is 2.62 bits per heavy atom. The van der Waals surface area contributed by atoms with Gasteiger partial charge in [-0.1, -0.05) is 26.0 Å². The Labute approximate surface area is 164 Å². The molecule has 0 spiro atoms. The summed E-state index contributed by atoms with van der Waals surface area (Å²) in [4.78, 5) is 6.81. The normalized spacial score (nSPS) is 12.9. The Balaban J connectivity index is 2.70. The maximum absolute atomic E-state index is 5.41. The van der Waals surface area contributed by atoms with Gasteiger partial charge in [0.15, 0.2) is 5.96 Å². The van der Waals surface area contributed by atoms with Gasteiger partial charge < -0.3 is 15.4 Å². The summed E-state index contributed by atoms with van der Waals surface area (Å²) in [5.74, 6) is 2.98. The quantitative estimate of drug-likeness (QED) is 0.331. The first-order valence-corrected chi connectivity index (χ1v) is 10.9. The van der Waals surface area contributed by atoms with Gasteiger partial charge in [0.1, 0.15) is 5.75 Å². The number of benzene rings is 1. The predicted molar refractivity (Wildman–Crippen MR) is 116 cm³/mol. The molecular formula is C20H36N4OS. The standard InChI is InChI=1S/C20H36N4OS/c1-6-24(7-2)19(17-11-10-12-18(15-17)25-4)16-23-20(21-3)22-13-8-9-14-26-5/h10-12,15,19H,6-9,13-14,16H2,1-5H3,(H2,21,22,23). The van der Waals surface area contributed by atoms with Gasteiger partial charge in [0.2, 0.25) is 0 Å². The molecule has 1 aromatic rings. The number of likely N-dealkylation sites (N-methyl/N-ethyl adjacent to an activating group) is 1. The maximum atomic E-state index is 5.41. The highest BCUT2D eigenvalue weighted by Gasteiger charge is 2.19. The zero-order valence-electron chi connectivity index (χ0n) is 17.0. The van der Waals surface area contributed by atoms with E-state index in [1.54, 1.807) is 7.11 Å². The summed E-state index contributed by atoms with van der Waals surface area (Å²) in [6, 6.07) is 8.62. The molecule has 0 fully saturated rings. The molecule has 6 heteroatoms. The molecule has 26 heavy (non-hydrogen) atoms. The van der Waals surface area contributed by atoms with Crippen LogP contribution in [0, 0.1) is 0 Å². The van der Waals surface area contributed by atoms with Gasteiger partial charge in [0.25, 0.3) is 0 Å². The number of hydrogen-bond donors (Lipinski definition) is 2. The molecule has 0 amide bonds. The van der Waals surface area contributed by atoms with Crippen molar-refractivity contribution < 1.29 is 4.74 Å². The average molecular weight is 381 g/mol. The molecule has 1 unspecified atom stereocenters. The lowest BCUT2D eigenvalue weighted by Gasteiger charge is -2.31. The largest absolute Gasteiger partial charge is 0.497 e. The number of thioether (sulfide) groups is 1. The number of aliphatic imine (C=N–C) groups is 1. The molecule has 1 atom stereocenters. The van der Waals surface area contributed by atoms with E-state index in [1.165, 1.54) is 17.7 Å². The monoisotopic (exact) mass is 380 g/mol. The number of methoxy groups -OCH3 is 1. The lowest BCUT2D eigenvalue weighted by Crippen LogP contribution is -2.43. The summed E-state index contributed by atoms with van der Waals surface area (Å²) < 4.78 is 5.41. The SMILES string of the molecule is CCN(CC)C(CNC(=NC)NCCCCSC)c1cccc(OC)c1. The van der Waals surface area contributed by atoms with Crippen molar-refractivity contribution in [3.8, 4) is 5.75 Å². The van der Waals surface area contributed by atoms with Gasteiger partial charge in [-0.05, 0) is 55.6 Å². The second-order valence-electron chi connectivity index (χ2n) is 6.09. The highest BCUT2D eigenvalue weighted by Crippen LogP contribution is 2.23. The van der Waals surface area contributed by atoms with Crippen molar-refractivity contribution in [3.63, 3.8) is 0 Å². The maximum Gasteiger partial charge on any atom is 0.191 e. The third kappa shape index (κ3) is 7.87. The molecule has 0 radical (unpaired) electrons. The van der Waals surface area contributed by atoms with Crippen LogP contribution in [-0.2, 0) is 0 Å². The molecular weight excluding hydrogens is 344 g/mol. The lowest BCUT2D eigenvalue weighted by atomic mass is 10.0. The fourth-order valence-electron chi connectivity index (χ4n) is 2.96. The number of guanidine groups is 1. The van der Waals surface area contributed by atoms with E-state index in [0.717, 1.165) is 44.3 Å². The van der Waals surface area contributed by atoms with E-state index in [9.17, 15) is 0 Å². The highest BCUT2D eigenvalue weighted by molar-refractivity contribution is 7.98. The van der Waals surface area contributed by atoms with Crippen molar-refractivity contribution in [1.29, 1.82) is 0 Å². The zero-order chi connectivity index (χ0) is 19.2. The van der Waals surface area contributed by atoms with Crippen molar-refractivity contribution in [2.75, 3.05) is 52.3 Å². The molecule has 0 heterocycles. The summed E-state index contributed by atoms with van der Waals surface area (Å²) in [7, 11) is 3.54. The second kappa shape index (κ2) is 13.8. The summed E-state index contributed by atoms with van der Waals surface area (Å²) in [6.45, 7) is 8.17. The first-order chi connectivity index (χ1) is 12.7. The van der Waals surface area contributed by atoms with Crippen LogP contribution in [-0.4, -0.2) is 63.2 Å². The van der Waals surface area contributed by atoms with E-state index < -0.39 is 0 Å². The van der Waals surface area contributed by atoms with E-state index in [2.05, 4.69) is 58.8 Å². The minimum Gasteiger partial charge on any atom is -0.497 e. The third-order valence-corrected chi connectivity index (χ3v) is 5.18. The first kappa shape index (κ1) is 22.6. The van der Waals surface area contributed by atoms with Crippen molar-refractivity contribution >= 4 is 17.7 Å². The Morgan fingerprint density at radius 2 is 2.00 bits per heavy atom. The summed E-state index contributed by atoms with van der Waals surface area (Å²) >= 11 is 1.90. The predicted octanol–water partition coefficient (Wildman–Crippen LogP) is 3.39. The number of rotatable bonds is 12. The highest BCUT2D eigenvalue weighted by atomic mass is 32.2. The van der Waals surface area contributed by atoms with E-state index in [-0.39, 0.29) is 6.04 Å². The molecule has 5 nitrogen and oxygen atoms in total. The minimum absolute atomic E-state index is 0.273. The van der Waals surface area contributed by atoms with E-state index in [4.69, 9.17) is 4.74 Å². The van der Waals surface area contributed by atoms with Crippen molar-refractivity contribution in [2.45, 2.75) is 32.7 Å². The summed E-state index contributed by atoms with van der Waals surface area (Å²) in [5, 5.41) is 6.92. The van der Waals surface area contributed by atoms with Crippen LogP contribution in [0.2, 0.25) is 0 Å². The number of hydrogen-bond acceptors (Lipinski definition) is 4. The van der Waals surface area contributed by atoms with Crippen LogP contribution in [0.15, 0.2) is 29.3 Å². The number of nitrogens with one attached hydrogen (secondary N) is 2. The molecule has 1 aromatic carbocycles. The molecule has 0 aromatic heterocycles. The van der Waals surface area contributed by atoms with Crippen LogP contribution in [0.1, 0.15) is 38.3 Å². The molecule has 0 aliphatic carbocycles. The number of ether oxygens (including phenoxy) is 1. The molecule has 1 rings (SSSR count). The van der Waals surface area contributed by atoms with Gasteiger partial charge in [0, 0.05) is 20.1 Å². The second-order valence-corrected chi connectivity index (χ2v) is 7.08. The zero-order valence-corrected chi connectivity index (χ0v) is 17.9. The van der Waals surface area contributed by atoms with E-state index in [0.29, 0.717) is 0 Å². The molecule has 0 aliphatic rings. The third-order valence-electron chi connectivity index (χ3n) is 4.49. The lowest BCUT2D eigenvalue weighted by molar-refractivity contribution is 0.218. The summed E-state index contributed by atoms with van der Waals surface area (Å²) in [6.07, 6.45) is 4.55. The smallest absolute Gasteiger partial charge is 0.191 e. The number of nitrogens with zero attached hydrogens (tertiary/aromatic N) is 2. The minimum atomic E-state index is 0.273. The summed E-state index contributed by atoms with van der Waals surface area (Å²) in [5.41, 5.74) is 1.26. The van der Waals surface area contributed by atoms with Crippen LogP contribution in [0.3, 0.4) is 0 Å². The van der Waals surface area contributed by atoms with Gasteiger partial charge in [0.05, 0.1) is 13.2 Å². The Kier molecular flexibility index (Phi) is 12.0. The first-order valence-electron chi connectivity index (χ1n) is 9.51. The van der Waals surface area contributed by atoms with Crippen LogP contribution in [0.5, 0.6) is 5.75 Å². The van der Waals surface area contributed by atoms with Crippen LogP contribution < -0.4 is 15.4 Å². The fraction of sp³-hybridized carbons (Fsp3) is 0.650. The average Bonchev–Trinajstić information content (AvgIpc) is 2.69. The molecule has 0 saturated heterocycles. The van der Waals surface area contributed by atoms with Crippen LogP contribution in [0.25, 0.3) is 0 Å².